The van der Waals surface area contributed by atoms with Crippen molar-refractivity contribution in [2.75, 3.05) is 26.9 Å². The summed E-state index contributed by atoms with van der Waals surface area (Å²) < 4.78 is 10.9. The quantitative estimate of drug-likeness (QED) is 0.605. The molecule has 0 bridgehead atoms. The molecule has 0 aromatic carbocycles. The number of hydrogen-bond acceptors (Lipinski definition) is 4. The van der Waals surface area contributed by atoms with E-state index in [0.717, 1.165) is 25.4 Å². The first-order valence-corrected chi connectivity index (χ1v) is 7.90. The minimum atomic E-state index is -0.425. The zero-order chi connectivity index (χ0) is 15.2. The number of aliphatic hydroxyl groups excluding tert-OH is 1. The first-order chi connectivity index (χ1) is 9.37. The van der Waals surface area contributed by atoms with E-state index < -0.39 is 6.10 Å². The molecule has 2 N–H and O–H groups in total. The molecule has 4 heteroatoms. The first kappa shape index (κ1) is 17.9. The van der Waals surface area contributed by atoms with Gasteiger partial charge in [0.05, 0.1) is 18.8 Å². The van der Waals surface area contributed by atoms with Crippen LogP contribution in [-0.2, 0) is 9.47 Å². The predicted molar refractivity (Wildman–Crippen MR) is 81.9 cm³/mol. The third-order valence-corrected chi connectivity index (χ3v) is 4.44. The molecule has 1 aliphatic rings. The van der Waals surface area contributed by atoms with Crippen molar-refractivity contribution in [3.8, 4) is 0 Å². The van der Waals surface area contributed by atoms with Crippen molar-refractivity contribution in [1.29, 1.82) is 0 Å². The maximum absolute atomic E-state index is 9.90. The van der Waals surface area contributed by atoms with Crippen LogP contribution in [0, 0.1) is 11.3 Å². The highest BCUT2D eigenvalue weighted by atomic mass is 16.5. The summed E-state index contributed by atoms with van der Waals surface area (Å²) in [5.41, 5.74) is 0.145. The molecule has 0 aromatic rings. The van der Waals surface area contributed by atoms with Gasteiger partial charge in [0.1, 0.15) is 0 Å². The Morgan fingerprint density at radius 2 is 2.05 bits per heavy atom. The van der Waals surface area contributed by atoms with E-state index in [2.05, 4.69) is 33.0 Å². The van der Waals surface area contributed by atoms with Crippen molar-refractivity contribution in [3.05, 3.63) is 0 Å². The van der Waals surface area contributed by atoms with Crippen molar-refractivity contribution < 1.29 is 14.6 Å². The minimum absolute atomic E-state index is 0.145. The zero-order valence-electron chi connectivity index (χ0n) is 13.8. The first-order valence-electron chi connectivity index (χ1n) is 7.90. The van der Waals surface area contributed by atoms with Crippen molar-refractivity contribution in [3.63, 3.8) is 0 Å². The number of aliphatic hydroxyl groups is 1. The van der Waals surface area contributed by atoms with E-state index in [0.29, 0.717) is 25.3 Å². The molecular formula is C16H33NO3. The second-order valence-electron chi connectivity index (χ2n) is 7.01. The molecule has 0 amide bonds. The highest BCUT2D eigenvalue weighted by Gasteiger charge is 2.48. The van der Waals surface area contributed by atoms with Crippen molar-refractivity contribution >= 4 is 0 Å². The van der Waals surface area contributed by atoms with E-state index in [4.69, 9.17) is 9.47 Å². The van der Waals surface area contributed by atoms with E-state index in [-0.39, 0.29) is 5.41 Å². The summed E-state index contributed by atoms with van der Waals surface area (Å²) in [6.07, 6.45) is 3.17. The largest absolute Gasteiger partial charge is 0.389 e. The van der Waals surface area contributed by atoms with Crippen LogP contribution in [-0.4, -0.2) is 50.2 Å². The molecular weight excluding hydrogens is 254 g/mol. The van der Waals surface area contributed by atoms with Crippen LogP contribution in [0.3, 0.4) is 0 Å². The molecule has 120 valence electrons. The van der Waals surface area contributed by atoms with Crippen molar-refractivity contribution in [2.24, 2.45) is 11.3 Å². The summed E-state index contributed by atoms with van der Waals surface area (Å²) in [5.74, 6) is 0.722. The van der Waals surface area contributed by atoms with Gasteiger partial charge in [-0.05, 0) is 25.2 Å². The Balaban J connectivity index is 2.05. The van der Waals surface area contributed by atoms with Crippen LogP contribution >= 0.6 is 0 Å². The zero-order valence-corrected chi connectivity index (χ0v) is 13.8. The van der Waals surface area contributed by atoms with E-state index >= 15 is 0 Å². The topological polar surface area (TPSA) is 50.7 Å². The van der Waals surface area contributed by atoms with Crippen LogP contribution < -0.4 is 5.32 Å². The van der Waals surface area contributed by atoms with Gasteiger partial charge < -0.3 is 19.9 Å². The lowest BCUT2D eigenvalue weighted by molar-refractivity contribution is -0.100. The molecule has 0 saturated heterocycles. The van der Waals surface area contributed by atoms with Gasteiger partial charge in [0.25, 0.3) is 0 Å². The third-order valence-electron chi connectivity index (χ3n) is 4.44. The fourth-order valence-corrected chi connectivity index (χ4v) is 2.78. The Kier molecular flexibility index (Phi) is 7.45. The molecule has 3 unspecified atom stereocenters. The van der Waals surface area contributed by atoms with Crippen LogP contribution in [0.25, 0.3) is 0 Å². The number of hydrogen-bond donors (Lipinski definition) is 2. The summed E-state index contributed by atoms with van der Waals surface area (Å²) in [5, 5.41) is 13.3. The van der Waals surface area contributed by atoms with Crippen molar-refractivity contribution in [2.45, 2.75) is 65.2 Å². The van der Waals surface area contributed by atoms with Gasteiger partial charge in [0.2, 0.25) is 0 Å². The maximum atomic E-state index is 9.90. The highest BCUT2D eigenvalue weighted by molar-refractivity contribution is 5.02. The Morgan fingerprint density at radius 1 is 1.35 bits per heavy atom. The summed E-state index contributed by atoms with van der Waals surface area (Å²) in [7, 11) is 1.77. The van der Waals surface area contributed by atoms with Crippen LogP contribution in [0.4, 0.5) is 0 Å². The predicted octanol–water partition coefficient (Wildman–Crippen LogP) is 2.20. The smallest absolute Gasteiger partial charge is 0.0897 e. The second-order valence-corrected chi connectivity index (χ2v) is 7.01. The fourth-order valence-electron chi connectivity index (χ4n) is 2.78. The lowest BCUT2D eigenvalue weighted by atomic mass is 9.64. The lowest BCUT2D eigenvalue weighted by Gasteiger charge is -2.51. The Morgan fingerprint density at radius 3 is 2.60 bits per heavy atom. The molecule has 3 atom stereocenters. The standard InChI is InChI=1S/C16H33NO3/c1-12(2)7-6-8-20-11-13(18)10-17-14-9-15(19-5)16(14,3)4/h12-15,17-18H,6-11H2,1-5H3. The second kappa shape index (κ2) is 8.32. The molecule has 0 spiro atoms. The van der Waals surface area contributed by atoms with Gasteiger partial charge in [-0.25, -0.2) is 0 Å². The molecule has 20 heavy (non-hydrogen) atoms. The molecule has 0 aromatic heterocycles. The Labute approximate surface area is 124 Å². The lowest BCUT2D eigenvalue weighted by Crippen LogP contribution is -2.61. The van der Waals surface area contributed by atoms with E-state index in [1.165, 1.54) is 6.42 Å². The van der Waals surface area contributed by atoms with Gasteiger partial charge in [-0.1, -0.05) is 27.7 Å². The van der Waals surface area contributed by atoms with Crippen LogP contribution in [0.2, 0.25) is 0 Å². The maximum Gasteiger partial charge on any atom is 0.0897 e. The Bertz CT molecular complexity index is 268. The van der Waals surface area contributed by atoms with Crippen LogP contribution in [0.15, 0.2) is 0 Å². The minimum Gasteiger partial charge on any atom is -0.389 e. The van der Waals surface area contributed by atoms with Crippen LogP contribution in [0.1, 0.15) is 47.0 Å². The van der Waals surface area contributed by atoms with E-state index in [1.807, 2.05) is 0 Å². The average Bonchev–Trinajstić information content (AvgIpc) is 2.36. The molecule has 1 fully saturated rings. The molecule has 1 saturated carbocycles. The van der Waals surface area contributed by atoms with Gasteiger partial charge in [-0.3, -0.25) is 0 Å². The highest BCUT2D eigenvalue weighted by Crippen LogP contribution is 2.42. The van der Waals surface area contributed by atoms with Gasteiger partial charge in [0, 0.05) is 31.7 Å². The summed E-state index contributed by atoms with van der Waals surface area (Å²) in [6, 6.07) is 0.419. The van der Waals surface area contributed by atoms with Gasteiger partial charge in [0.15, 0.2) is 0 Å². The molecule has 0 radical (unpaired) electrons. The Hall–Kier alpha value is -0.160. The van der Waals surface area contributed by atoms with Gasteiger partial charge >= 0.3 is 0 Å². The normalized spacial score (nSPS) is 26.6. The molecule has 0 aliphatic heterocycles. The van der Waals surface area contributed by atoms with Crippen molar-refractivity contribution in [1.82, 2.24) is 5.32 Å². The van der Waals surface area contributed by atoms with Gasteiger partial charge in [-0.15, -0.1) is 0 Å². The van der Waals surface area contributed by atoms with Gasteiger partial charge in [-0.2, -0.15) is 0 Å². The van der Waals surface area contributed by atoms with Crippen LogP contribution in [0.5, 0.6) is 0 Å². The van der Waals surface area contributed by atoms with E-state index in [9.17, 15) is 5.11 Å². The monoisotopic (exact) mass is 287 g/mol. The third kappa shape index (κ3) is 5.32. The summed E-state index contributed by atoms with van der Waals surface area (Å²) in [6.45, 7) is 10.6. The SMILES string of the molecule is COC1CC(NCC(O)COCCCC(C)C)C1(C)C. The fraction of sp³-hybridized carbons (Fsp3) is 1.00. The molecule has 1 rings (SSSR count). The number of rotatable bonds is 10. The number of nitrogens with one attached hydrogen (secondary N) is 1. The molecule has 1 aliphatic carbocycles. The summed E-state index contributed by atoms with van der Waals surface area (Å²) >= 11 is 0. The number of methoxy groups -OCH3 is 1. The molecule has 4 nitrogen and oxygen atoms in total. The molecule has 0 heterocycles. The van der Waals surface area contributed by atoms with E-state index in [1.54, 1.807) is 7.11 Å². The number of ether oxygens (including phenoxy) is 2. The average molecular weight is 287 g/mol. The summed E-state index contributed by atoms with van der Waals surface area (Å²) in [4.78, 5) is 0.